The van der Waals surface area contributed by atoms with Crippen LogP contribution in [0.1, 0.15) is 78.2 Å². The van der Waals surface area contributed by atoms with E-state index in [2.05, 4.69) is 39.4 Å². The minimum atomic E-state index is -3.64. The summed E-state index contributed by atoms with van der Waals surface area (Å²) in [6.07, 6.45) is 1.72. The number of fused-ring (bicyclic) bond motifs is 1. The molecule has 2 amide bonds. The molecule has 2 saturated heterocycles. The molecule has 3 aromatic rings. The second-order valence-corrected chi connectivity index (χ2v) is 16.2. The van der Waals surface area contributed by atoms with E-state index >= 15 is 0 Å². The summed E-state index contributed by atoms with van der Waals surface area (Å²) in [5.74, 6) is -0.713. The topological polar surface area (TPSA) is 146 Å². The number of hydrogen-bond donors (Lipinski definition) is 3. The fourth-order valence-corrected chi connectivity index (χ4v) is 8.62. The number of primary amides is 1. The number of sulfonamides is 1. The van der Waals surface area contributed by atoms with Crippen LogP contribution in [0.3, 0.4) is 0 Å². The lowest BCUT2D eigenvalue weighted by molar-refractivity contribution is 0.0894. The number of aromatic nitrogens is 2. The molecule has 6 rings (SSSR count). The van der Waals surface area contributed by atoms with Gasteiger partial charge in [0.15, 0.2) is 0 Å². The zero-order chi connectivity index (χ0) is 34.4. The first-order valence-corrected chi connectivity index (χ1v) is 18.3. The Morgan fingerprint density at radius 3 is 2.33 bits per heavy atom. The van der Waals surface area contributed by atoms with Gasteiger partial charge in [-0.15, -0.1) is 0 Å². The fourth-order valence-electron chi connectivity index (χ4n) is 7.15. The van der Waals surface area contributed by atoms with Gasteiger partial charge in [0.05, 0.1) is 33.1 Å². The number of piperidine rings is 1. The largest absolute Gasteiger partial charge is 0.382 e. The molecule has 0 radical (unpaired) electrons. The second-order valence-electron chi connectivity index (χ2n) is 14.3. The molecule has 12 nitrogen and oxygen atoms in total. The highest BCUT2D eigenvalue weighted by molar-refractivity contribution is 7.89. The van der Waals surface area contributed by atoms with Crippen molar-refractivity contribution in [3.8, 4) is 5.69 Å². The number of nitrogens with one attached hydrogen (secondary N) is 2. The quantitative estimate of drug-likeness (QED) is 0.314. The van der Waals surface area contributed by atoms with Gasteiger partial charge in [-0.05, 0) is 83.4 Å². The molecule has 13 heteroatoms. The Bertz CT molecular complexity index is 1790. The number of piperazine rings is 1. The highest BCUT2D eigenvalue weighted by Gasteiger charge is 2.35. The molecule has 0 atom stereocenters. The lowest BCUT2D eigenvalue weighted by atomic mass is 9.90. The number of benzene rings is 2. The third-order valence-electron chi connectivity index (χ3n) is 9.88. The number of anilines is 1. The first-order valence-electron chi connectivity index (χ1n) is 16.9. The molecule has 0 unspecified atom stereocenters. The summed E-state index contributed by atoms with van der Waals surface area (Å²) in [4.78, 5) is 30.5. The van der Waals surface area contributed by atoms with Crippen molar-refractivity contribution in [2.75, 3.05) is 44.6 Å². The summed E-state index contributed by atoms with van der Waals surface area (Å²) in [7, 11) is -3.64. The summed E-state index contributed by atoms with van der Waals surface area (Å²) >= 11 is 0. The summed E-state index contributed by atoms with van der Waals surface area (Å²) in [6, 6.07) is 13.1. The van der Waals surface area contributed by atoms with Gasteiger partial charge in [0.25, 0.3) is 11.8 Å². The summed E-state index contributed by atoms with van der Waals surface area (Å²) in [5.41, 5.74) is 10.1. The molecule has 2 fully saturated rings. The third kappa shape index (κ3) is 7.00. The number of carbonyl (C=O) groups is 2. The van der Waals surface area contributed by atoms with Crippen LogP contribution in [0.5, 0.6) is 0 Å². The number of rotatable bonds is 9. The van der Waals surface area contributed by atoms with Crippen LogP contribution in [0.4, 0.5) is 5.69 Å². The van der Waals surface area contributed by atoms with Crippen LogP contribution in [-0.2, 0) is 23.0 Å². The lowest BCUT2D eigenvalue weighted by Crippen LogP contribution is -2.49. The average Bonchev–Trinajstić information content (AvgIpc) is 3.36. The maximum absolute atomic E-state index is 13.6. The van der Waals surface area contributed by atoms with Gasteiger partial charge in [-0.2, -0.15) is 9.40 Å². The van der Waals surface area contributed by atoms with Crippen LogP contribution in [0, 0.1) is 6.92 Å². The smallest absolute Gasteiger partial charge is 0.255 e. The number of carbonyl (C=O) groups excluding carboxylic acids is 2. The number of nitrogens with zero attached hydrogens (tertiary/aromatic N) is 5. The Morgan fingerprint density at radius 2 is 1.71 bits per heavy atom. The second kappa shape index (κ2) is 13.3. The molecule has 4 heterocycles. The monoisotopic (exact) mass is 676 g/mol. The average molecular weight is 677 g/mol. The minimum absolute atomic E-state index is 0.0682. The number of nitrogens with two attached hydrogens (primary N) is 1. The van der Waals surface area contributed by atoms with Crippen LogP contribution >= 0.6 is 0 Å². The lowest BCUT2D eigenvalue weighted by Gasteiger charge is -2.37. The van der Waals surface area contributed by atoms with Crippen molar-refractivity contribution < 1.29 is 18.0 Å². The Morgan fingerprint density at radius 1 is 1.04 bits per heavy atom. The van der Waals surface area contributed by atoms with Crippen molar-refractivity contribution in [3.63, 3.8) is 0 Å². The predicted molar refractivity (Wildman–Crippen MR) is 186 cm³/mol. The maximum Gasteiger partial charge on any atom is 0.255 e. The van der Waals surface area contributed by atoms with Crippen LogP contribution in [0.2, 0.25) is 0 Å². The zero-order valence-electron chi connectivity index (χ0n) is 28.6. The normalized spacial score (nSPS) is 19.7. The van der Waals surface area contributed by atoms with Crippen LogP contribution in [-0.4, -0.2) is 101 Å². The van der Waals surface area contributed by atoms with Gasteiger partial charge in [0.1, 0.15) is 0 Å². The van der Waals surface area contributed by atoms with Crippen molar-refractivity contribution in [1.82, 2.24) is 29.2 Å². The van der Waals surface area contributed by atoms with E-state index in [4.69, 9.17) is 5.73 Å². The first-order chi connectivity index (χ1) is 22.7. The summed E-state index contributed by atoms with van der Waals surface area (Å²) < 4.78 is 30.5. The predicted octanol–water partition coefficient (Wildman–Crippen LogP) is 3.14. The molecule has 2 aromatic carbocycles. The minimum Gasteiger partial charge on any atom is -0.382 e. The number of hydrogen-bond acceptors (Lipinski definition) is 8. The molecule has 3 aliphatic heterocycles. The molecule has 1 aromatic heterocycles. The standard InChI is InChI=1S/C35H48N8O4S/c1-23(2)41-18-16-40(17-19-41)22-25-6-9-28(10-7-25)48(46,47)42-14-12-26(13-15-42)37-30-20-27(8-11-29(30)33(36)44)43-31-21-35(4,5)38-34(45)32(31)24(3)39-43/h6-11,20,23,26,37H,12-19,21-22H2,1-5H3,(H2,36,44)(H,38,45). The Balaban J connectivity index is 1.11. The van der Waals surface area contributed by atoms with E-state index in [0.717, 1.165) is 44.0 Å². The Hall–Kier alpha value is -3.78. The molecular weight excluding hydrogens is 629 g/mol. The van der Waals surface area contributed by atoms with E-state index in [1.54, 1.807) is 33.3 Å². The molecule has 0 saturated carbocycles. The highest BCUT2D eigenvalue weighted by Crippen LogP contribution is 2.31. The van der Waals surface area contributed by atoms with Crippen molar-refractivity contribution in [2.24, 2.45) is 5.73 Å². The molecular formula is C35H48N8O4S. The molecule has 0 spiro atoms. The molecule has 258 valence electrons. The van der Waals surface area contributed by atoms with Crippen LogP contribution < -0.4 is 16.4 Å². The SMILES string of the molecule is Cc1nn(-c2ccc(C(N)=O)c(NC3CCN(S(=O)(=O)c4ccc(CN5CCN(C(C)C)CC5)cc4)CC3)c2)c2c1C(=O)NC(C)(C)C2. The maximum atomic E-state index is 13.6. The number of amides is 2. The summed E-state index contributed by atoms with van der Waals surface area (Å²) in [6.45, 7) is 15.9. The van der Waals surface area contributed by atoms with E-state index < -0.39 is 21.5 Å². The van der Waals surface area contributed by atoms with E-state index in [1.165, 1.54) is 0 Å². The third-order valence-corrected chi connectivity index (χ3v) is 11.8. The van der Waals surface area contributed by atoms with Crippen molar-refractivity contribution in [1.29, 1.82) is 0 Å². The van der Waals surface area contributed by atoms with E-state index in [9.17, 15) is 18.0 Å². The van der Waals surface area contributed by atoms with Gasteiger partial charge in [-0.1, -0.05) is 12.1 Å². The van der Waals surface area contributed by atoms with Crippen LogP contribution in [0.25, 0.3) is 5.69 Å². The first kappa shape index (κ1) is 34.1. The van der Waals surface area contributed by atoms with E-state index in [-0.39, 0.29) is 11.9 Å². The molecule has 48 heavy (non-hydrogen) atoms. The van der Waals surface area contributed by atoms with Crippen molar-refractivity contribution >= 4 is 27.5 Å². The van der Waals surface area contributed by atoms with Gasteiger partial charge < -0.3 is 16.4 Å². The highest BCUT2D eigenvalue weighted by atomic mass is 32.2. The fraction of sp³-hybridized carbons (Fsp3) is 0.514. The van der Waals surface area contributed by atoms with Crippen molar-refractivity contribution in [3.05, 3.63) is 70.5 Å². The zero-order valence-corrected chi connectivity index (χ0v) is 29.4. The van der Waals surface area contributed by atoms with Gasteiger partial charge in [-0.3, -0.25) is 19.4 Å². The molecule has 4 N–H and O–H groups in total. The van der Waals surface area contributed by atoms with Gasteiger partial charge in [-0.25, -0.2) is 13.1 Å². The van der Waals surface area contributed by atoms with Crippen LogP contribution in [0.15, 0.2) is 47.4 Å². The number of aryl methyl sites for hydroxylation is 1. The van der Waals surface area contributed by atoms with Gasteiger partial charge >= 0.3 is 0 Å². The van der Waals surface area contributed by atoms with Crippen molar-refractivity contribution in [2.45, 2.75) is 82.9 Å². The van der Waals surface area contributed by atoms with Gasteiger partial charge in [0, 0.05) is 75.5 Å². The van der Waals surface area contributed by atoms with Gasteiger partial charge in [0.2, 0.25) is 10.0 Å². The Kier molecular flexibility index (Phi) is 9.42. The Labute approximate surface area is 283 Å². The molecule has 0 aliphatic carbocycles. The molecule has 0 bridgehead atoms. The molecule has 3 aliphatic rings. The van der Waals surface area contributed by atoms with E-state index in [1.807, 2.05) is 39.0 Å². The van der Waals surface area contributed by atoms with E-state index in [0.29, 0.717) is 71.5 Å². The summed E-state index contributed by atoms with van der Waals surface area (Å²) in [5, 5.41) is 11.2.